The number of aromatic nitrogens is 3. The molecule has 3 aliphatic heterocycles. The maximum absolute atomic E-state index is 13.3. The van der Waals surface area contributed by atoms with Crippen LogP contribution in [0.25, 0.3) is 16.9 Å². The van der Waals surface area contributed by atoms with Gasteiger partial charge in [-0.05, 0) is 49.1 Å². The van der Waals surface area contributed by atoms with E-state index in [1.165, 1.54) is 10.2 Å². The number of amides is 1. The van der Waals surface area contributed by atoms with Crippen molar-refractivity contribution < 1.29 is 9.53 Å². The van der Waals surface area contributed by atoms with Gasteiger partial charge in [-0.2, -0.15) is 9.78 Å². The van der Waals surface area contributed by atoms with E-state index in [2.05, 4.69) is 17.3 Å². The van der Waals surface area contributed by atoms with Crippen LogP contribution in [0.4, 0.5) is 5.69 Å². The molecule has 3 aliphatic rings. The maximum atomic E-state index is 13.3. The highest BCUT2D eigenvalue weighted by Crippen LogP contribution is 2.25. The van der Waals surface area contributed by atoms with Crippen LogP contribution >= 0.6 is 0 Å². The van der Waals surface area contributed by atoms with E-state index >= 15 is 0 Å². The number of anilines is 1. The van der Waals surface area contributed by atoms with Gasteiger partial charge in [0.2, 0.25) is 0 Å². The van der Waals surface area contributed by atoms with E-state index < -0.39 is 0 Å². The molecule has 0 radical (unpaired) electrons. The number of nitrogens with one attached hydrogen (secondary N) is 1. The number of rotatable bonds is 6. The Kier molecular flexibility index (Phi) is 5.79. The number of carbonyl (C=O) groups excluding carboxylic acids is 1. The lowest BCUT2D eigenvalue weighted by Crippen LogP contribution is -2.20. The summed E-state index contributed by atoms with van der Waals surface area (Å²) >= 11 is 0. The van der Waals surface area contributed by atoms with E-state index in [9.17, 15) is 9.59 Å². The fourth-order valence-corrected chi connectivity index (χ4v) is 4.22. The molecule has 1 fully saturated rings. The van der Waals surface area contributed by atoms with Crippen molar-refractivity contribution in [3.8, 4) is 16.9 Å². The zero-order chi connectivity index (χ0) is 22.8. The lowest BCUT2D eigenvalue weighted by molar-refractivity contribution is 0.0961. The molecule has 33 heavy (non-hydrogen) atoms. The van der Waals surface area contributed by atoms with Crippen LogP contribution in [0.15, 0.2) is 71.8 Å². The van der Waals surface area contributed by atoms with Gasteiger partial charge >= 0.3 is 0 Å². The van der Waals surface area contributed by atoms with E-state index in [4.69, 9.17) is 4.74 Å². The first kappa shape index (κ1) is 21.2. The molecular formula is C26H26N4O3. The lowest BCUT2D eigenvalue weighted by atomic mass is 10.1. The molecule has 3 heterocycles. The second-order valence-electron chi connectivity index (χ2n) is 8.32. The molecule has 1 N–H and O–H groups in total. The summed E-state index contributed by atoms with van der Waals surface area (Å²) in [4.78, 5) is 26.6. The standard InChI is InChI=1S/C26H26N4O3/c1-2-18-10-12-19(13-11-18)27-25(31)22-16-29(15-21-9-6-14-33-21)17-23-24(22)28-30(26(23)32)20-7-4-3-5-8-20/h3-5,7-8,10-13,16-17,21H,2,6,9,14-15H2,1H3,(H,27,31)/t21-/m1/s1. The molecule has 7 nitrogen and oxygen atoms in total. The first-order valence-electron chi connectivity index (χ1n) is 11.3. The summed E-state index contributed by atoms with van der Waals surface area (Å²) in [6.45, 7) is 3.41. The van der Waals surface area contributed by atoms with Gasteiger partial charge in [-0.15, -0.1) is 0 Å². The van der Waals surface area contributed by atoms with Crippen molar-refractivity contribution in [3.05, 3.63) is 88.5 Å². The Morgan fingerprint density at radius 2 is 1.91 bits per heavy atom. The normalized spacial score (nSPS) is 15.7. The van der Waals surface area contributed by atoms with E-state index in [1.807, 2.05) is 59.2 Å². The summed E-state index contributed by atoms with van der Waals surface area (Å²) in [5.74, 6) is -0.302. The molecule has 1 atom stereocenters. The van der Waals surface area contributed by atoms with Gasteiger partial charge in [0.1, 0.15) is 5.69 Å². The molecule has 7 heteroatoms. The summed E-state index contributed by atoms with van der Waals surface area (Å²) in [7, 11) is 0. The molecule has 0 spiro atoms. The van der Waals surface area contributed by atoms with E-state index in [1.54, 1.807) is 12.4 Å². The van der Waals surface area contributed by atoms with Crippen molar-refractivity contribution in [1.29, 1.82) is 0 Å². The van der Waals surface area contributed by atoms with Crippen molar-refractivity contribution in [2.45, 2.75) is 38.8 Å². The molecule has 0 bridgehead atoms. The fraction of sp³-hybridized carbons (Fsp3) is 0.269. The van der Waals surface area contributed by atoms with Crippen LogP contribution in [0.1, 0.15) is 35.7 Å². The molecule has 1 amide bonds. The zero-order valence-corrected chi connectivity index (χ0v) is 18.5. The monoisotopic (exact) mass is 442 g/mol. The number of pyridine rings is 1. The van der Waals surface area contributed by atoms with Crippen LogP contribution in [0.5, 0.6) is 0 Å². The highest BCUT2D eigenvalue weighted by Gasteiger charge is 2.26. The Hall–Kier alpha value is -3.71. The first-order chi connectivity index (χ1) is 16.1. The molecule has 0 unspecified atom stereocenters. The van der Waals surface area contributed by atoms with Gasteiger partial charge in [0.05, 0.1) is 22.9 Å². The summed E-state index contributed by atoms with van der Waals surface area (Å²) < 4.78 is 9.01. The minimum Gasteiger partial charge on any atom is -0.376 e. The zero-order valence-electron chi connectivity index (χ0n) is 18.5. The molecule has 168 valence electrons. The Bertz CT molecular complexity index is 1290. The molecule has 0 aromatic heterocycles. The number of para-hydroxylation sites is 1. The third-order valence-corrected chi connectivity index (χ3v) is 6.03. The van der Waals surface area contributed by atoms with Crippen molar-refractivity contribution in [1.82, 2.24) is 14.3 Å². The predicted molar refractivity (Wildman–Crippen MR) is 127 cm³/mol. The SMILES string of the molecule is CCc1ccc(NC(=O)c2cn(C[C@H]3CCCO3)cc3c(=O)n(-c4ccccc4)nc2-3)cc1. The summed E-state index contributed by atoms with van der Waals surface area (Å²) in [6.07, 6.45) is 6.53. The molecule has 0 aliphatic carbocycles. The average molecular weight is 443 g/mol. The smallest absolute Gasteiger partial charge is 0.282 e. The third-order valence-electron chi connectivity index (χ3n) is 6.03. The average Bonchev–Trinajstić information content (AvgIpc) is 3.48. The predicted octanol–water partition coefficient (Wildman–Crippen LogP) is 4.13. The summed E-state index contributed by atoms with van der Waals surface area (Å²) in [5.41, 5.74) is 3.45. The first-order valence-corrected chi connectivity index (χ1v) is 11.3. The van der Waals surface area contributed by atoms with Crippen molar-refractivity contribution in [2.75, 3.05) is 11.9 Å². The quantitative estimate of drug-likeness (QED) is 0.487. The molecule has 0 saturated carbocycles. The molecular weight excluding hydrogens is 416 g/mol. The topological polar surface area (TPSA) is 78.2 Å². The van der Waals surface area contributed by atoms with Gasteiger partial charge in [-0.3, -0.25) is 9.59 Å². The molecule has 5 rings (SSSR count). The number of nitrogens with zero attached hydrogens (tertiary/aromatic N) is 3. The fourth-order valence-electron chi connectivity index (χ4n) is 4.22. The number of fused-ring (bicyclic) bond motifs is 1. The molecule has 1 saturated heterocycles. The number of hydrogen-bond donors (Lipinski definition) is 1. The Morgan fingerprint density at radius 3 is 2.61 bits per heavy atom. The third kappa shape index (κ3) is 4.32. The van der Waals surface area contributed by atoms with Gasteiger partial charge in [0.25, 0.3) is 11.5 Å². The Labute approximate surface area is 192 Å². The number of ether oxygens (including phenoxy) is 1. The van der Waals surface area contributed by atoms with Gasteiger partial charge in [-0.1, -0.05) is 37.3 Å². The number of aryl methyl sites for hydroxylation is 1. The molecule has 2 aromatic carbocycles. The van der Waals surface area contributed by atoms with Crippen LogP contribution in [-0.4, -0.2) is 33.0 Å². The minimum atomic E-state index is -0.302. The van der Waals surface area contributed by atoms with E-state index in [0.717, 1.165) is 25.9 Å². The molecule has 2 aromatic rings. The van der Waals surface area contributed by atoms with Crippen molar-refractivity contribution >= 4 is 11.6 Å². The van der Waals surface area contributed by atoms with E-state index in [0.29, 0.717) is 34.7 Å². The van der Waals surface area contributed by atoms with Crippen LogP contribution < -0.4 is 10.9 Å². The minimum absolute atomic E-state index is 0.0734. The summed E-state index contributed by atoms with van der Waals surface area (Å²) in [5, 5.41) is 7.50. The number of benzene rings is 2. The van der Waals surface area contributed by atoms with Gasteiger partial charge < -0.3 is 14.6 Å². The van der Waals surface area contributed by atoms with Crippen LogP contribution in [0, 0.1) is 0 Å². The largest absolute Gasteiger partial charge is 0.376 e. The van der Waals surface area contributed by atoms with Gasteiger partial charge in [-0.25, -0.2) is 0 Å². The van der Waals surface area contributed by atoms with Gasteiger partial charge in [0, 0.05) is 31.2 Å². The summed E-state index contributed by atoms with van der Waals surface area (Å²) in [6, 6.07) is 17.0. The lowest BCUT2D eigenvalue weighted by Gasteiger charge is -2.16. The second kappa shape index (κ2) is 9.03. The highest BCUT2D eigenvalue weighted by atomic mass is 16.5. The number of hydrogen-bond acceptors (Lipinski definition) is 4. The van der Waals surface area contributed by atoms with Crippen molar-refractivity contribution in [3.63, 3.8) is 0 Å². The Balaban J connectivity index is 1.56. The van der Waals surface area contributed by atoms with Crippen LogP contribution in [-0.2, 0) is 17.7 Å². The van der Waals surface area contributed by atoms with Crippen LogP contribution in [0.2, 0.25) is 0 Å². The Morgan fingerprint density at radius 1 is 1.12 bits per heavy atom. The van der Waals surface area contributed by atoms with Crippen molar-refractivity contribution in [2.24, 2.45) is 0 Å². The highest BCUT2D eigenvalue weighted by molar-refractivity contribution is 6.08. The van der Waals surface area contributed by atoms with Crippen LogP contribution in [0.3, 0.4) is 0 Å². The maximum Gasteiger partial charge on any atom is 0.282 e. The van der Waals surface area contributed by atoms with Gasteiger partial charge in [0.15, 0.2) is 0 Å². The number of carbonyl (C=O) groups is 1. The second-order valence-corrected chi connectivity index (χ2v) is 8.32. The van der Waals surface area contributed by atoms with E-state index in [-0.39, 0.29) is 17.6 Å².